The predicted molar refractivity (Wildman–Crippen MR) is 109 cm³/mol. The van der Waals surface area contributed by atoms with Gasteiger partial charge in [0.05, 0.1) is 11.2 Å². The summed E-state index contributed by atoms with van der Waals surface area (Å²) in [5.41, 5.74) is 1.89. The SMILES string of the molecule is O=C(CC(Cc1ccc(Br)cc1)C(=O)O)C(S)Cc1ccc(Br)cc1. The van der Waals surface area contributed by atoms with E-state index in [1.807, 2.05) is 48.5 Å². The lowest BCUT2D eigenvalue weighted by Crippen LogP contribution is -2.26. The van der Waals surface area contributed by atoms with Crippen molar-refractivity contribution in [1.29, 1.82) is 0 Å². The van der Waals surface area contributed by atoms with Gasteiger partial charge in [-0.05, 0) is 48.2 Å². The van der Waals surface area contributed by atoms with Crippen molar-refractivity contribution in [3.05, 3.63) is 68.6 Å². The normalized spacial score (nSPS) is 13.2. The Kier molecular flexibility index (Phi) is 7.72. The Labute approximate surface area is 169 Å². The summed E-state index contributed by atoms with van der Waals surface area (Å²) in [6, 6.07) is 15.1. The summed E-state index contributed by atoms with van der Waals surface area (Å²) in [6.45, 7) is 0. The van der Waals surface area contributed by atoms with Crippen LogP contribution < -0.4 is 0 Å². The Morgan fingerprint density at radius 3 is 1.76 bits per heavy atom. The summed E-state index contributed by atoms with van der Waals surface area (Å²) in [5, 5.41) is 8.94. The second-order valence-electron chi connectivity index (χ2n) is 5.88. The zero-order valence-electron chi connectivity index (χ0n) is 13.4. The van der Waals surface area contributed by atoms with Crippen LogP contribution >= 0.6 is 44.5 Å². The number of halogens is 2. The van der Waals surface area contributed by atoms with Gasteiger partial charge in [0.1, 0.15) is 5.78 Å². The molecule has 132 valence electrons. The van der Waals surface area contributed by atoms with Gasteiger partial charge in [0.25, 0.3) is 0 Å². The standard InChI is InChI=1S/C19H18Br2O3S/c20-15-5-1-12(2-6-15)9-14(19(23)24)11-17(22)18(25)10-13-3-7-16(21)8-4-13/h1-8,14,18,25H,9-11H2,(H,23,24). The van der Waals surface area contributed by atoms with Crippen LogP contribution in [0.15, 0.2) is 57.5 Å². The summed E-state index contributed by atoms with van der Waals surface area (Å²) in [6.07, 6.45) is 0.795. The van der Waals surface area contributed by atoms with Gasteiger partial charge in [-0.25, -0.2) is 0 Å². The number of ketones is 1. The van der Waals surface area contributed by atoms with Crippen LogP contribution in [0.3, 0.4) is 0 Å². The molecule has 2 aromatic carbocycles. The second-order valence-corrected chi connectivity index (χ2v) is 8.34. The average Bonchev–Trinajstić information content (AvgIpc) is 2.58. The lowest BCUT2D eigenvalue weighted by atomic mass is 9.92. The van der Waals surface area contributed by atoms with Crippen molar-refractivity contribution >= 4 is 56.2 Å². The van der Waals surface area contributed by atoms with E-state index in [-0.39, 0.29) is 12.2 Å². The molecule has 6 heteroatoms. The highest BCUT2D eigenvalue weighted by atomic mass is 79.9. The summed E-state index contributed by atoms with van der Waals surface area (Å²) < 4.78 is 1.91. The molecule has 2 aromatic rings. The molecule has 2 rings (SSSR count). The largest absolute Gasteiger partial charge is 0.481 e. The molecular formula is C19H18Br2O3S. The number of rotatable bonds is 8. The van der Waals surface area contributed by atoms with Gasteiger partial charge in [-0.2, -0.15) is 12.6 Å². The number of carboxylic acids is 1. The zero-order valence-corrected chi connectivity index (χ0v) is 17.4. The molecule has 0 aromatic heterocycles. The van der Waals surface area contributed by atoms with E-state index in [1.54, 1.807) is 0 Å². The van der Waals surface area contributed by atoms with Gasteiger partial charge >= 0.3 is 5.97 Å². The van der Waals surface area contributed by atoms with Gasteiger partial charge in [-0.3, -0.25) is 9.59 Å². The van der Waals surface area contributed by atoms with Crippen LogP contribution in [0.25, 0.3) is 0 Å². The Morgan fingerprint density at radius 1 is 0.880 bits per heavy atom. The first-order valence-electron chi connectivity index (χ1n) is 7.77. The maximum Gasteiger partial charge on any atom is 0.307 e. The Morgan fingerprint density at radius 2 is 1.32 bits per heavy atom. The fourth-order valence-electron chi connectivity index (χ4n) is 2.49. The minimum Gasteiger partial charge on any atom is -0.481 e. The Hall–Kier alpha value is -1.11. The lowest BCUT2D eigenvalue weighted by molar-refractivity contribution is -0.143. The summed E-state index contributed by atoms with van der Waals surface area (Å²) in [7, 11) is 0. The van der Waals surface area contributed by atoms with E-state index in [0.717, 1.165) is 20.1 Å². The third-order valence-electron chi connectivity index (χ3n) is 3.91. The number of benzene rings is 2. The van der Waals surface area contributed by atoms with E-state index >= 15 is 0 Å². The molecule has 0 bridgehead atoms. The molecule has 0 heterocycles. The van der Waals surface area contributed by atoms with Crippen molar-refractivity contribution in [3.8, 4) is 0 Å². The topological polar surface area (TPSA) is 54.4 Å². The van der Waals surface area contributed by atoms with E-state index in [0.29, 0.717) is 12.8 Å². The van der Waals surface area contributed by atoms with Gasteiger partial charge in [0.2, 0.25) is 0 Å². The smallest absolute Gasteiger partial charge is 0.307 e. The van der Waals surface area contributed by atoms with Crippen molar-refractivity contribution < 1.29 is 14.7 Å². The molecule has 0 saturated carbocycles. The van der Waals surface area contributed by atoms with E-state index in [9.17, 15) is 14.7 Å². The quantitative estimate of drug-likeness (QED) is 0.520. The average molecular weight is 486 g/mol. The first kappa shape index (κ1) is 20.2. The van der Waals surface area contributed by atoms with Crippen LogP contribution in [0.1, 0.15) is 17.5 Å². The van der Waals surface area contributed by atoms with E-state index in [1.165, 1.54) is 0 Å². The molecule has 0 aliphatic heterocycles. The number of aliphatic carboxylic acids is 1. The molecule has 3 nitrogen and oxygen atoms in total. The Bertz CT molecular complexity index is 729. The van der Waals surface area contributed by atoms with Gasteiger partial charge < -0.3 is 5.11 Å². The molecule has 0 spiro atoms. The molecule has 0 radical (unpaired) electrons. The van der Waals surface area contributed by atoms with Crippen molar-refractivity contribution in [3.63, 3.8) is 0 Å². The molecule has 0 amide bonds. The van der Waals surface area contributed by atoms with Gasteiger partial charge in [-0.15, -0.1) is 0 Å². The number of hydrogen-bond donors (Lipinski definition) is 2. The molecule has 0 fully saturated rings. The van der Waals surface area contributed by atoms with Gasteiger partial charge in [0, 0.05) is 15.4 Å². The molecule has 1 N–H and O–H groups in total. The molecule has 0 aliphatic rings. The lowest BCUT2D eigenvalue weighted by Gasteiger charge is -2.15. The van der Waals surface area contributed by atoms with Gasteiger partial charge in [0.15, 0.2) is 0 Å². The number of thiol groups is 1. The molecule has 0 aliphatic carbocycles. The predicted octanol–water partition coefficient (Wildman–Crippen LogP) is 4.96. The van der Waals surface area contributed by atoms with Crippen LogP contribution in [0.4, 0.5) is 0 Å². The van der Waals surface area contributed by atoms with Crippen LogP contribution in [0, 0.1) is 5.92 Å². The third kappa shape index (κ3) is 6.60. The molecule has 0 saturated heterocycles. The third-order valence-corrected chi connectivity index (χ3v) is 5.43. The first-order valence-corrected chi connectivity index (χ1v) is 9.88. The maximum absolute atomic E-state index is 12.4. The van der Waals surface area contributed by atoms with E-state index < -0.39 is 17.1 Å². The minimum atomic E-state index is -0.958. The van der Waals surface area contributed by atoms with Crippen molar-refractivity contribution in [2.24, 2.45) is 5.92 Å². The van der Waals surface area contributed by atoms with Crippen molar-refractivity contribution in [2.75, 3.05) is 0 Å². The van der Waals surface area contributed by atoms with Crippen molar-refractivity contribution in [1.82, 2.24) is 0 Å². The second kappa shape index (κ2) is 9.55. The van der Waals surface area contributed by atoms with Crippen molar-refractivity contribution in [2.45, 2.75) is 24.5 Å². The van der Waals surface area contributed by atoms with Crippen LogP contribution in [0.2, 0.25) is 0 Å². The number of carbonyl (C=O) groups excluding carboxylic acids is 1. The molecular weight excluding hydrogens is 468 g/mol. The molecule has 2 atom stereocenters. The maximum atomic E-state index is 12.4. The van der Waals surface area contributed by atoms with Gasteiger partial charge in [-0.1, -0.05) is 56.1 Å². The zero-order chi connectivity index (χ0) is 18.4. The highest BCUT2D eigenvalue weighted by molar-refractivity contribution is 9.10. The van der Waals surface area contributed by atoms with Crippen LogP contribution in [0.5, 0.6) is 0 Å². The fourth-order valence-corrected chi connectivity index (χ4v) is 3.33. The first-order chi connectivity index (χ1) is 11.8. The number of Topliss-reactive ketones (excluding diaryl/α,β-unsaturated/α-hetero) is 1. The summed E-state index contributed by atoms with van der Waals surface area (Å²) in [5.74, 6) is -1.84. The van der Waals surface area contributed by atoms with E-state index in [4.69, 9.17) is 0 Å². The fraction of sp³-hybridized carbons (Fsp3) is 0.263. The van der Waals surface area contributed by atoms with Crippen LogP contribution in [-0.4, -0.2) is 22.1 Å². The summed E-state index contributed by atoms with van der Waals surface area (Å²) >= 11 is 11.1. The molecule has 25 heavy (non-hydrogen) atoms. The number of carbonyl (C=O) groups is 2. The highest BCUT2D eigenvalue weighted by Gasteiger charge is 2.25. The van der Waals surface area contributed by atoms with E-state index in [2.05, 4.69) is 44.5 Å². The van der Waals surface area contributed by atoms with Crippen LogP contribution in [-0.2, 0) is 22.4 Å². The number of carboxylic acid groups (broad SMARTS) is 1. The summed E-state index contributed by atoms with van der Waals surface area (Å²) in [4.78, 5) is 24.0. The highest BCUT2D eigenvalue weighted by Crippen LogP contribution is 2.20. The Balaban J connectivity index is 1.97. The number of hydrogen-bond acceptors (Lipinski definition) is 3. The molecule has 2 unspecified atom stereocenters. The monoisotopic (exact) mass is 484 g/mol. The minimum absolute atomic E-state index is 0.0178.